The molecule has 0 unspecified atom stereocenters. The van der Waals surface area contributed by atoms with Crippen LogP contribution in [-0.2, 0) is 12.7 Å². The molecule has 1 aliphatic rings. The van der Waals surface area contributed by atoms with Crippen LogP contribution in [0.25, 0.3) is 5.69 Å². The van der Waals surface area contributed by atoms with E-state index in [2.05, 4.69) is 25.5 Å². The Kier molecular flexibility index (Phi) is 10.1. The molecular weight excluding hydrogens is 609 g/mol. The highest BCUT2D eigenvalue weighted by atomic mass is 35.5. The molecule has 5 rings (SSSR count). The van der Waals surface area contributed by atoms with Crippen LogP contribution in [0.5, 0.6) is 11.5 Å². The Morgan fingerprint density at radius 1 is 1.02 bits per heavy atom. The number of benzene rings is 2. The predicted molar refractivity (Wildman–Crippen MR) is 166 cm³/mol. The molecule has 9 nitrogen and oxygen atoms in total. The van der Waals surface area contributed by atoms with Crippen molar-refractivity contribution in [2.45, 2.75) is 45.5 Å². The fourth-order valence-corrected chi connectivity index (χ4v) is 5.36. The van der Waals surface area contributed by atoms with Crippen molar-refractivity contribution in [1.82, 2.24) is 19.4 Å². The number of ether oxygens (including phenoxy) is 2. The van der Waals surface area contributed by atoms with Crippen LogP contribution in [0.1, 0.15) is 48.3 Å². The quantitative estimate of drug-likeness (QED) is 0.181. The number of carbonyl (C=O) groups is 1. The summed E-state index contributed by atoms with van der Waals surface area (Å²) in [6.45, 7) is 6.96. The van der Waals surface area contributed by atoms with Crippen molar-refractivity contribution in [3.8, 4) is 17.2 Å². The van der Waals surface area contributed by atoms with Gasteiger partial charge in [0.15, 0.2) is 5.69 Å². The minimum absolute atomic E-state index is 0.134. The maximum atomic E-state index is 13.9. The summed E-state index contributed by atoms with van der Waals surface area (Å²) in [5.74, 6) is 0.321. The van der Waals surface area contributed by atoms with Crippen LogP contribution >= 0.6 is 11.6 Å². The molecule has 0 aliphatic carbocycles. The number of anilines is 2. The molecule has 1 aliphatic heterocycles. The van der Waals surface area contributed by atoms with Gasteiger partial charge >= 0.3 is 6.18 Å². The lowest BCUT2D eigenvalue weighted by atomic mass is 10.0. The SMILES string of the molecule is CCOc1cc(CN2CCC(Nc3ncc(C(=O)Nc4ccc(Cl)cc4)c(C(F)(F)F)n3)CC2)cc(OCC)c1-n1cccc1. The number of alkyl halides is 3. The van der Waals surface area contributed by atoms with Crippen molar-refractivity contribution in [3.63, 3.8) is 0 Å². The second-order valence-electron chi connectivity index (χ2n) is 10.5. The monoisotopic (exact) mass is 642 g/mol. The Morgan fingerprint density at radius 3 is 2.22 bits per heavy atom. The summed E-state index contributed by atoms with van der Waals surface area (Å²) in [5.41, 5.74) is 0.212. The van der Waals surface area contributed by atoms with E-state index < -0.39 is 23.3 Å². The Balaban J connectivity index is 1.24. The van der Waals surface area contributed by atoms with E-state index in [1.54, 1.807) is 0 Å². The number of hydrogen-bond acceptors (Lipinski definition) is 7. The summed E-state index contributed by atoms with van der Waals surface area (Å²) < 4.78 is 55.8. The van der Waals surface area contributed by atoms with Crippen LogP contribution in [0.2, 0.25) is 5.02 Å². The summed E-state index contributed by atoms with van der Waals surface area (Å²) in [6.07, 6.45) is 1.28. The van der Waals surface area contributed by atoms with Crippen molar-refractivity contribution >= 4 is 29.1 Å². The van der Waals surface area contributed by atoms with Crippen LogP contribution in [-0.4, -0.2) is 57.7 Å². The van der Waals surface area contributed by atoms with Gasteiger partial charge in [0.1, 0.15) is 17.2 Å². The molecule has 13 heteroatoms. The standard InChI is InChI=1S/C32H34ClF3N6O3/c1-3-44-26-17-21(18-27(45-4-2)28(26)42-13-5-6-14-42)20-41-15-11-24(12-16-41)39-31-37-19-25(29(40-31)32(34,35)36)30(43)38-23-9-7-22(33)8-10-23/h5-10,13-14,17-19,24H,3-4,11-12,15-16,20H2,1-2H3,(H,38,43)(H,37,39,40). The van der Waals surface area contributed by atoms with Gasteiger partial charge in [-0.25, -0.2) is 9.97 Å². The molecule has 0 atom stereocenters. The number of nitrogens with one attached hydrogen (secondary N) is 2. The first kappa shape index (κ1) is 32.1. The third kappa shape index (κ3) is 8.06. The molecule has 0 saturated carbocycles. The van der Waals surface area contributed by atoms with Crippen molar-refractivity contribution in [2.75, 3.05) is 36.9 Å². The molecule has 2 aromatic heterocycles. The lowest BCUT2D eigenvalue weighted by molar-refractivity contribution is -0.141. The van der Waals surface area contributed by atoms with Crippen LogP contribution < -0.4 is 20.1 Å². The van der Waals surface area contributed by atoms with E-state index in [4.69, 9.17) is 21.1 Å². The van der Waals surface area contributed by atoms with Gasteiger partial charge in [0.25, 0.3) is 5.91 Å². The van der Waals surface area contributed by atoms with Gasteiger partial charge in [-0.05, 0) is 80.8 Å². The zero-order valence-corrected chi connectivity index (χ0v) is 25.7. The third-order valence-electron chi connectivity index (χ3n) is 7.29. The zero-order valence-electron chi connectivity index (χ0n) is 24.9. The number of aromatic nitrogens is 3. The predicted octanol–water partition coefficient (Wildman–Crippen LogP) is 7.07. The van der Waals surface area contributed by atoms with Gasteiger partial charge < -0.3 is 24.7 Å². The number of nitrogens with zero attached hydrogens (tertiary/aromatic N) is 4. The first-order valence-electron chi connectivity index (χ1n) is 14.7. The molecule has 4 aromatic rings. The van der Waals surface area contributed by atoms with Gasteiger partial charge in [0, 0.05) is 55.0 Å². The van der Waals surface area contributed by atoms with Crippen LogP contribution in [0.15, 0.2) is 67.1 Å². The molecule has 0 bridgehead atoms. The fraction of sp³-hybridized carbons (Fsp3) is 0.344. The van der Waals surface area contributed by atoms with Crippen molar-refractivity contribution in [1.29, 1.82) is 0 Å². The smallest absolute Gasteiger partial charge is 0.434 e. The highest BCUT2D eigenvalue weighted by molar-refractivity contribution is 6.30. The summed E-state index contributed by atoms with van der Waals surface area (Å²) >= 11 is 5.84. The van der Waals surface area contributed by atoms with Crippen LogP contribution in [0, 0.1) is 0 Å². The molecule has 45 heavy (non-hydrogen) atoms. The molecule has 2 aromatic carbocycles. The number of halogens is 4. The molecular formula is C32H34ClF3N6O3. The van der Waals surface area contributed by atoms with Gasteiger partial charge in [0.2, 0.25) is 5.95 Å². The van der Waals surface area contributed by atoms with Crippen molar-refractivity contribution in [3.05, 3.63) is 89.0 Å². The second kappa shape index (κ2) is 14.2. The third-order valence-corrected chi connectivity index (χ3v) is 7.55. The molecule has 238 valence electrons. The molecule has 3 heterocycles. The van der Waals surface area contributed by atoms with Crippen LogP contribution in [0.3, 0.4) is 0 Å². The summed E-state index contributed by atoms with van der Waals surface area (Å²) in [7, 11) is 0. The first-order chi connectivity index (χ1) is 21.6. The number of likely N-dealkylation sites (tertiary alicyclic amines) is 1. The second-order valence-corrected chi connectivity index (χ2v) is 10.9. The van der Waals surface area contributed by atoms with E-state index in [9.17, 15) is 18.0 Å². The van der Waals surface area contributed by atoms with Gasteiger partial charge in [-0.15, -0.1) is 0 Å². The van der Waals surface area contributed by atoms with Gasteiger partial charge in [0.05, 0.1) is 18.8 Å². The van der Waals surface area contributed by atoms with Gasteiger partial charge in [-0.1, -0.05) is 11.6 Å². The van der Waals surface area contributed by atoms with E-state index >= 15 is 0 Å². The molecule has 0 radical (unpaired) electrons. The first-order valence-corrected chi connectivity index (χ1v) is 15.1. The molecule has 0 spiro atoms. The molecule has 1 saturated heterocycles. The van der Waals surface area contributed by atoms with E-state index in [0.29, 0.717) is 56.4 Å². The van der Waals surface area contributed by atoms with E-state index in [1.165, 1.54) is 24.3 Å². The number of amides is 1. The Morgan fingerprint density at radius 2 is 1.64 bits per heavy atom. The normalized spacial score (nSPS) is 14.3. The number of carbonyl (C=O) groups excluding carboxylic acids is 1. The van der Waals surface area contributed by atoms with E-state index in [1.807, 2.05) is 55.1 Å². The average molecular weight is 643 g/mol. The lowest BCUT2D eigenvalue weighted by Gasteiger charge is -2.32. The largest absolute Gasteiger partial charge is 0.492 e. The van der Waals surface area contributed by atoms with Crippen molar-refractivity contribution in [2.24, 2.45) is 0 Å². The number of piperidine rings is 1. The molecule has 1 fully saturated rings. The highest BCUT2D eigenvalue weighted by Gasteiger charge is 2.38. The highest BCUT2D eigenvalue weighted by Crippen LogP contribution is 2.36. The molecule has 1 amide bonds. The Hall–Kier alpha value is -4.29. The maximum Gasteiger partial charge on any atom is 0.434 e. The number of hydrogen-bond donors (Lipinski definition) is 2. The summed E-state index contributed by atoms with van der Waals surface area (Å²) in [5, 5.41) is 5.90. The van der Waals surface area contributed by atoms with E-state index in [0.717, 1.165) is 28.9 Å². The van der Waals surface area contributed by atoms with E-state index in [-0.39, 0.29) is 12.0 Å². The average Bonchev–Trinajstić information content (AvgIpc) is 3.54. The fourth-order valence-electron chi connectivity index (χ4n) is 5.24. The van der Waals surface area contributed by atoms with Crippen LogP contribution in [0.4, 0.5) is 24.8 Å². The topological polar surface area (TPSA) is 93.5 Å². The summed E-state index contributed by atoms with van der Waals surface area (Å²) in [4.78, 5) is 22.7. The Labute approximate surface area is 264 Å². The maximum absolute atomic E-state index is 13.9. The number of rotatable bonds is 11. The van der Waals surface area contributed by atoms with Crippen molar-refractivity contribution < 1.29 is 27.4 Å². The Bertz CT molecular complexity index is 1560. The minimum Gasteiger partial charge on any atom is -0.492 e. The van der Waals surface area contributed by atoms with Gasteiger partial charge in [-0.2, -0.15) is 13.2 Å². The zero-order chi connectivity index (χ0) is 32.0. The summed E-state index contributed by atoms with van der Waals surface area (Å²) in [6, 6.07) is 13.8. The molecule has 2 N–H and O–H groups in total. The minimum atomic E-state index is -4.85. The lowest BCUT2D eigenvalue weighted by Crippen LogP contribution is -2.39. The van der Waals surface area contributed by atoms with Gasteiger partial charge in [-0.3, -0.25) is 9.69 Å².